The topological polar surface area (TPSA) is 56.3 Å². The van der Waals surface area contributed by atoms with E-state index in [0.29, 0.717) is 6.61 Å². The van der Waals surface area contributed by atoms with Crippen molar-refractivity contribution in [3.63, 3.8) is 0 Å². The van der Waals surface area contributed by atoms with E-state index in [1.54, 1.807) is 11.3 Å². The molecule has 0 saturated carbocycles. The fourth-order valence-corrected chi connectivity index (χ4v) is 3.43. The largest absolute Gasteiger partial charge is 0.378 e. The van der Waals surface area contributed by atoms with Crippen molar-refractivity contribution in [1.29, 1.82) is 0 Å². The summed E-state index contributed by atoms with van der Waals surface area (Å²) in [6.45, 7) is 5.15. The SMILES string of the molecule is CCc1nnc(C2NCCOC23CCOC3)s1. The lowest BCUT2D eigenvalue weighted by Crippen LogP contribution is -2.52. The van der Waals surface area contributed by atoms with Crippen LogP contribution in [-0.4, -0.2) is 42.2 Å². The molecule has 0 amide bonds. The van der Waals surface area contributed by atoms with Crippen molar-refractivity contribution >= 4 is 11.3 Å². The number of morpholine rings is 1. The summed E-state index contributed by atoms with van der Waals surface area (Å²) in [4.78, 5) is 0. The first-order valence-corrected chi connectivity index (χ1v) is 6.93. The van der Waals surface area contributed by atoms with Crippen LogP contribution in [0.5, 0.6) is 0 Å². The second-order valence-electron chi connectivity index (χ2n) is 4.49. The number of nitrogens with one attached hydrogen (secondary N) is 1. The molecule has 1 aromatic rings. The van der Waals surface area contributed by atoms with Crippen LogP contribution in [0.25, 0.3) is 0 Å². The Morgan fingerprint density at radius 3 is 3.12 bits per heavy atom. The van der Waals surface area contributed by atoms with Gasteiger partial charge in [-0.05, 0) is 6.42 Å². The molecule has 1 N–H and O–H groups in total. The molecule has 6 heteroatoms. The van der Waals surface area contributed by atoms with Crippen molar-refractivity contribution < 1.29 is 9.47 Å². The van der Waals surface area contributed by atoms with E-state index in [2.05, 4.69) is 22.4 Å². The Morgan fingerprint density at radius 1 is 1.47 bits per heavy atom. The lowest BCUT2D eigenvalue weighted by atomic mass is 9.92. The van der Waals surface area contributed by atoms with E-state index in [0.717, 1.165) is 42.6 Å². The summed E-state index contributed by atoms with van der Waals surface area (Å²) in [5, 5.41) is 14.1. The molecule has 3 heterocycles. The van der Waals surface area contributed by atoms with Gasteiger partial charge in [-0.3, -0.25) is 0 Å². The second kappa shape index (κ2) is 4.61. The molecule has 1 spiro atoms. The van der Waals surface area contributed by atoms with E-state index < -0.39 is 0 Å². The van der Waals surface area contributed by atoms with E-state index in [4.69, 9.17) is 9.47 Å². The first-order chi connectivity index (χ1) is 8.34. The molecular formula is C11H17N3O2S. The molecule has 0 bridgehead atoms. The summed E-state index contributed by atoms with van der Waals surface area (Å²) in [6, 6.07) is 0.136. The van der Waals surface area contributed by atoms with Crippen molar-refractivity contribution in [3.8, 4) is 0 Å². The molecule has 2 fully saturated rings. The molecule has 0 aromatic carbocycles. The van der Waals surface area contributed by atoms with Crippen LogP contribution in [0.1, 0.15) is 29.4 Å². The van der Waals surface area contributed by atoms with E-state index in [9.17, 15) is 0 Å². The van der Waals surface area contributed by atoms with Gasteiger partial charge in [0.05, 0.1) is 19.3 Å². The Labute approximate surface area is 105 Å². The summed E-state index contributed by atoms with van der Waals surface area (Å²) in [6.07, 6.45) is 1.88. The summed E-state index contributed by atoms with van der Waals surface area (Å²) in [5.41, 5.74) is -0.219. The number of aryl methyl sites for hydroxylation is 1. The van der Waals surface area contributed by atoms with Gasteiger partial charge in [0.25, 0.3) is 0 Å². The quantitative estimate of drug-likeness (QED) is 0.851. The zero-order valence-electron chi connectivity index (χ0n) is 9.94. The third-order valence-electron chi connectivity index (χ3n) is 3.41. The number of hydrogen-bond donors (Lipinski definition) is 1. The van der Waals surface area contributed by atoms with Gasteiger partial charge in [-0.2, -0.15) is 0 Å². The van der Waals surface area contributed by atoms with Gasteiger partial charge in [0.15, 0.2) is 0 Å². The molecule has 2 saturated heterocycles. The first-order valence-electron chi connectivity index (χ1n) is 6.11. The second-order valence-corrected chi connectivity index (χ2v) is 5.58. The van der Waals surface area contributed by atoms with E-state index in [1.165, 1.54) is 0 Å². The summed E-state index contributed by atoms with van der Waals surface area (Å²) >= 11 is 1.68. The fraction of sp³-hybridized carbons (Fsp3) is 0.818. The Kier molecular flexibility index (Phi) is 3.12. The van der Waals surface area contributed by atoms with Gasteiger partial charge in [-0.1, -0.05) is 18.3 Å². The molecule has 2 aliphatic rings. The van der Waals surface area contributed by atoms with Crippen LogP contribution in [0, 0.1) is 0 Å². The minimum Gasteiger partial charge on any atom is -0.378 e. The number of aromatic nitrogens is 2. The standard InChI is InChI=1S/C11H17N3O2S/c1-2-8-13-14-10(17-8)9-11(3-5-15-7-11)16-6-4-12-9/h9,12H,2-7H2,1H3. The highest BCUT2D eigenvalue weighted by Crippen LogP contribution is 2.39. The lowest BCUT2D eigenvalue weighted by Gasteiger charge is -2.39. The van der Waals surface area contributed by atoms with Gasteiger partial charge in [0, 0.05) is 19.6 Å². The predicted octanol–water partition coefficient (Wildman–Crippen LogP) is 0.920. The Balaban J connectivity index is 1.88. The Morgan fingerprint density at radius 2 is 2.41 bits per heavy atom. The van der Waals surface area contributed by atoms with Gasteiger partial charge in [-0.15, -0.1) is 10.2 Å². The lowest BCUT2D eigenvalue weighted by molar-refractivity contribution is -0.0990. The van der Waals surface area contributed by atoms with E-state index >= 15 is 0 Å². The first kappa shape index (κ1) is 11.5. The van der Waals surface area contributed by atoms with Crippen LogP contribution < -0.4 is 5.32 Å². The Hall–Kier alpha value is -0.560. The highest BCUT2D eigenvalue weighted by atomic mass is 32.1. The maximum absolute atomic E-state index is 5.99. The maximum atomic E-state index is 5.99. The molecule has 1 aromatic heterocycles. The van der Waals surface area contributed by atoms with E-state index in [-0.39, 0.29) is 11.6 Å². The number of nitrogens with zero attached hydrogens (tertiary/aromatic N) is 2. The Bertz CT molecular complexity index is 390. The fourth-order valence-electron chi connectivity index (χ4n) is 2.47. The van der Waals surface area contributed by atoms with Crippen molar-refractivity contribution in [2.45, 2.75) is 31.4 Å². The van der Waals surface area contributed by atoms with Crippen molar-refractivity contribution in [1.82, 2.24) is 15.5 Å². The molecule has 5 nitrogen and oxygen atoms in total. The van der Waals surface area contributed by atoms with Crippen LogP contribution in [0.15, 0.2) is 0 Å². The van der Waals surface area contributed by atoms with Crippen molar-refractivity contribution in [3.05, 3.63) is 10.0 Å². The van der Waals surface area contributed by atoms with Crippen LogP contribution in [-0.2, 0) is 15.9 Å². The maximum Gasteiger partial charge on any atom is 0.137 e. The third-order valence-corrected chi connectivity index (χ3v) is 4.55. The van der Waals surface area contributed by atoms with Crippen LogP contribution >= 0.6 is 11.3 Å². The summed E-state index contributed by atoms with van der Waals surface area (Å²) < 4.78 is 11.5. The average molecular weight is 255 g/mol. The average Bonchev–Trinajstić information content (AvgIpc) is 3.00. The van der Waals surface area contributed by atoms with Crippen molar-refractivity contribution in [2.24, 2.45) is 0 Å². The number of rotatable bonds is 2. The molecule has 0 radical (unpaired) electrons. The zero-order chi connectivity index (χ0) is 11.7. The molecule has 2 unspecified atom stereocenters. The highest BCUT2D eigenvalue weighted by molar-refractivity contribution is 7.11. The van der Waals surface area contributed by atoms with Crippen LogP contribution in [0.3, 0.4) is 0 Å². The van der Waals surface area contributed by atoms with Crippen molar-refractivity contribution in [2.75, 3.05) is 26.4 Å². The minimum absolute atomic E-state index is 0.136. The summed E-state index contributed by atoms with van der Waals surface area (Å²) in [5.74, 6) is 0. The van der Waals surface area contributed by atoms with Crippen LogP contribution in [0.4, 0.5) is 0 Å². The predicted molar refractivity (Wildman–Crippen MR) is 64.1 cm³/mol. The monoisotopic (exact) mass is 255 g/mol. The summed E-state index contributed by atoms with van der Waals surface area (Å²) in [7, 11) is 0. The molecule has 3 rings (SSSR count). The van der Waals surface area contributed by atoms with Gasteiger partial charge in [0.2, 0.25) is 0 Å². The van der Waals surface area contributed by atoms with Gasteiger partial charge >= 0.3 is 0 Å². The molecule has 0 aliphatic carbocycles. The van der Waals surface area contributed by atoms with Crippen LogP contribution in [0.2, 0.25) is 0 Å². The highest BCUT2D eigenvalue weighted by Gasteiger charge is 2.47. The minimum atomic E-state index is -0.219. The molecule has 2 atom stereocenters. The smallest absolute Gasteiger partial charge is 0.137 e. The molecule has 94 valence electrons. The molecule has 17 heavy (non-hydrogen) atoms. The number of hydrogen-bond acceptors (Lipinski definition) is 6. The van der Waals surface area contributed by atoms with Gasteiger partial charge in [0.1, 0.15) is 15.6 Å². The van der Waals surface area contributed by atoms with E-state index in [1.807, 2.05) is 0 Å². The number of ether oxygens (including phenoxy) is 2. The van der Waals surface area contributed by atoms with Gasteiger partial charge in [-0.25, -0.2) is 0 Å². The molecular weight excluding hydrogens is 238 g/mol. The normalized spacial score (nSPS) is 33.4. The third kappa shape index (κ3) is 1.99. The molecule has 2 aliphatic heterocycles. The zero-order valence-corrected chi connectivity index (χ0v) is 10.8. The van der Waals surface area contributed by atoms with Gasteiger partial charge < -0.3 is 14.8 Å².